The van der Waals surface area contributed by atoms with Gasteiger partial charge in [-0.25, -0.2) is 8.42 Å². The van der Waals surface area contributed by atoms with Crippen molar-refractivity contribution in [1.82, 2.24) is 0 Å². The zero-order valence-corrected chi connectivity index (χ0v) is 13.7. The molecule has 0 fully saturated rings. The zero-order chi connectivity index (χ0) is 15.1. The van der Waals surface area contributed by atoms with E-state index in [1.54, 1.807) is 0 Å². The van der Waals surface area contributed by atoms with E-state index in [2.05, 4.69) is 0 Å². The van der Waals surface area contributed by atoms with Gasteiger partial charge < -0.3 is 0 Å². The molecule has 2 atom stereocenters. The van der Waals surface area contributed by atoms with Crippen molar-refractivity contribution in [2.75, 3.05) is 23.0 Å². The van der Waals surface area contributed by atoms with Gasteiger partial charge in [-0.3, -0.25) is 9.11 Å². The van der Waals surface area contributed by atoms with Crippen molar-refractivity contribution in [3.05, 3.63) is 0 Å². The van der Waals surface area contributed by atoms with Gasteiger partial charge in [-0.2, -0.15) is 16.8 Å². The highest BCUT2D eigenvalue weighted by atomic mass is 33.5. The molecule has 0 aromatic rings. The van der Waals surface area contributed by atoms with Gasteiger partial charge in [-0.1, -0.05) is 0 Å². The van der Waals surface area contributed by atoms with E-state index in [0.717, 1.165) is 10.8 Å². The van der Waals surface area contributed by atoms with Crippen molar-refractivity contribution in [2.45, 2.75) is 12.8 Å². The first kappa shape index (κ1) is 19.5. The first-order valence-corrected chi connectivity index (χ1v) is 12.6. The Morgan fingerprint density at radius 1 is 0.895 bits per heavy atom. The Morgan fingerprint density at radius 2 is 1.37 bits per heavy atom. The quantitative estimate of drug-likeness (QED) is 0.296. The Labute approximate surface area is 119 Å². The Bertz CT molecular complexity index is 520. The number of rotatable bonds is 10. The Morgan fingerprint density at radius 3 is 1.84 bits per heavy atom. The Kier molecular flexibility index (Phi) is 8.90. The predicted octanol–water partition coefficient (Wildman–Crippen LogP) is -0.397. The van der Waals surface area contributed by atoms with E-state index in [4.69, 9.17) is 9.11 Å². The zero-order valence-electron chi connectivity index (χ0n) is 9.63. The van der Waals surface area contributed by atoms with Crippen LogP contribution in [0.25, 0.3) is 0 Å². The molecule has 8 nitrogen and oxygen atoms in total. The fourth-order valence-corrected chi connectivity index (χ4v) is 7.29. The fraction of sp³-hybridized carbons (Fsp3) is 1.00. The minimum absolute atomic E-state index is 0.0669. The molecular weight excluding hydrogens is 360 g/mol. The summed E-state index contributed by atoms with van der Waals surface area (Å²) in [5.74, 6) is -1.02. The third-order valence-electron chi connectivity index (χ3n) is 1.59. The lowest BCUT2D eigenvalue weighted by atomic mass is 10.6. The van der Waals surface area contributed by atoms with E-state index >= 15 is 0 Å². The molecule has 0 bridgehead atoms. The van der Waals surface area contributed by atoms with Crippen LogP contribution in [0.5, 0.6) is 0 Å². The van der Waals surface area contributed by atoms with Gasteiger partial charge in [0.1, 0.15) is 9.83 Å². The molecule has 0 radical (unpaired) electrons. The summed E-state index contributed by atoms with van der Waals surface area (Å²) >= 11 is 0. The highest BCUT2D eigenvalue weighted by Crippen LogP contribution is 2.14. The first-order valence-electron chi connectivity index (χ1n) is 4.85. The van der Waals surface area contributed by atoms with Gasteiger partial charge in [0.2, 0.25) is 0 Å². The van der Waals surface area contributed by atoms with E-state index in [0.29, 0.717) is 0 Å². The molecule has 13 heteroatoms. The van der Waals surface area contributed by atoms with Crippen LogP contribution in [0, 0.1) is 0 Å². The molecule has 19 heavy (non-hydrogen) atoms. The minimum Gasteiger partial charge on any atom is -0.286 e. The van der Waals surface area contributed by atoms with Crippen molar-refractivity contribution < 1.29 is 34.4 Å². The monoisotopic (exact) mass is 374 g/mol. The van der Waals surface area contributed by atoms with Gasteiger partial charge in [0, 0.05) is 11.5 Å². The lowest BCUT2D eigenvalue weighted by Crippen LogP contribution is -2.10. The summed E-state index contributed by atoms with van der Waals surface area (Å²) < 4.78 is 81.1. The first-order chi connectivity index (χ1) is 8.51. The second-order valence-corrected chi connectivity index (χ2v) is 12.8. The third kappa shape index (κ3) is 13.2. The lowest BCUT2D eigenvalue weighted by molar-refractivity contribution is 0.480. The van der Waals surface area contributed by atoms with Gasteiger partial charge in [0.15, 0.2) is 8.86 Å². The summed E-state index contributed by atoms with van der Waals surface area (Å²) in [6.07, 6.45) is -0.0137. The summed E-state index contributed by atoms with van der Waals surface area (Å²) in [6.45, 7) is 0. The van der Waals surface area contributed by atoms with Gasteiger partial charge in [-0.05, 0) is 23.6 Å². The van der Waals surface area contributed by atoms with Crippen molar-refractivity contribution in [1.29, 1.82) is 0 Å². The SMILES string of the molecule is O=S(CCCS(=O)(=O)O)S(=O)SCCCS(=O)(=O)O. The van der Waals surface area contributed by atoms with Crippen LogP contribution in [0.3, 0.4) is 0 Å². The van der Waals surface area contributed by atoms with Crippen LogP contribution in [0.1, 0.15) is 12.8 Å². The second-order valence-electron chi connectivity index (χ2n) is 3.31. The molecule has 0 aliphatic carbocycles. The smallest absolute Gasteiger partial charge is 0.264 e. The van der Waals surface area contributed by atoms with Crippen LogP contribution in [0.2, 0.25) is 0 Å². The van der Waals surface area contributed by atoms with Crippen molar-refractivity contribution in [3.8, 4) is 0 Å². The average Bonchev–Trinajstić information content (AvgIpc) is 2.20. The van der Waals surface area contributed by atoms with Gasteiger partial charge in [0.25, 0.3) is 20.2 Å². The summed E-state index contributed by atoms with van der Waals surface area (Å²) in [6, 6.07) is 0. The van der Waals surface area contributed by atoms with E-state index in [1.807, 2.05) is 0 Å². The van der Waals surface area contributed by atoms with Crippen molar-refractivity contribution >= 4 is 49.7 Å². The van der Waals surface area contributed by atoms with Crippen LogP contribution in [-0.2, 0) is 38.9 Å². The molecule has 0 aliphatic heterocycles. The maximum absolute atomic E-state index is 11.4. The van der Waals surface area contributed by atoms with Crippen LogP contribution in [-0.4, -0.2) is 57.4 Å². The molecule has 2 N–H and O–H groups in total. The molecular formula is C6H14O8S5. The summed E-state index contributed by atoms with van der Waals surface area (Å²) in [5, 5.41) is 0. The maximum atomic E-state index is 11.4. The second kappa shape index (κ2) is 8.69. The van der Waals surface area contributed by atoms with E-state index in [1.165, 1.54) is 0 Å². The highest BCUT2D eigenvalue weighted by molar-refractivity contribution is 8.97. The fourth-order valence-electron chi connectivity index (χ4n) is 0.849. The summed E-state index contributed by atoms with van der Waals surface area (Å²) in [5.41, 5.74) is 0. The normalized spacial score (nSPS) is 16.1. The minimum atomic E-state index is -4.12. The number of hydrogen-bond donors (Lipinski definition) is 2. The molecule has 0 aromatic heterocycles. The molecule has 0 saturated heterocycles. The van der Waals surface area contributed by atoms with Gasteiger partial charge in [0.05, 0.1) is 11.5 Å². The van der Waals surface area contributed by atoms with Crippen LogP contribution in [0.15, 0.2) is 0 Å². The van der Waals surface area contributed by atoms with E-state index in [-0.39, 0.29) is 24.3 Å². The average molecular weight is 375 g/mol. The van der Waals surface area contributed by atoms with Gasteiger partial charge in [-0.15, -0.1) is 0 Å². The largest absolute Gasteiger partial charge is 0.286 e. The van der Waals surface area contributed by atoms with E-state index < -0.39 is 50.4 Å². The molecule has 0 aromatic carbocycles. The topological polar surface area (TPSA) is 143 Å². The highest BCUT2D eigenvalue weighted by Gasteiger charge is 2.13. The number of hydrogen-bond acceptors (Lipinski definition) is 7. The van der Waals surface area contributed by atoms with Crippen LogP contribution in [0.4, 0.5) is 0 Å². The summed E-state index contributed by atoms with van der Waals surface area (Å²) in [7, 11) is -11.0. The Hall–Kier alpha value is 0.470. The molecule has 0 saturated carbocycles. The van der Waals surface area contributed by atoms with Crippen molar-refractivity contribution in [2.24, 2.45) is 0 Å². The van der Waals surface area contributed by atoms with Crippen molar-refractivity contribution in [3.63, 3.8) is 0 Å². The molecule has 0 rings (SSSR count). The molecule has 0 aliphatic rings. The van der Waals surface area contributed by atoms with Gasteiger partial charge >= 0.3 is 0 Å². The third-order valence-corrected chi connectivity index (χ3v) is 9.49. The maximum Gasteiger partial charge on any atom is 0.264 e. The predicted molar refractivity (Wildman–Crippen MR) is 75.7 cm³/mol. The standard InChI is InChI=1S/C6H14O8S5/c7-16(4-2-6-19(12,13)14)17(8)15-3-1-5-18(9,10)11/h1-6H2,(H,9,10,11)(H,12,13,14). The molecule has 0 spiro atoms. The summed E-state index contributed by atoms with van der Waals surface area (Å²) in [4.78, 5) is 0. The molecule has 116 valence electrons. The molecule has 0 heterocycles. The Balaban J connectivity index is 3.86. The molecule has 0 amide bonds. The lowest BCUT2D eigenvalue weighted by Gasteiger charge is -2.01. The van der Waals surface area contributed by atoms with Crippen LogP contribution >= 0.6 is 10.8 Å². The molecule has 2 unspecified atom stereocenters. The van der Waals surface area contributed by atoms with E-state index in [9.17, 15) is 25.3 Å². The van der Waals surface area contributed by atoms with Crippen LogP contribution < -0.4 is 0 Å².